The van der Waals surface area contributed by atoms with Gasteiger partial charge in [-0.15, -0.1) is 11.8 Å². The Morgan fingerprint density at radius 3 is 3.00 bits per heavy atom. The van der Waals surface area contributed by atoms with Crippen molar-refractivity contribution in [3.63, 3.8) is 0 Å². The summed E-state index contributed by atoms with van der Waals surface area (Å²) in [6.45, 7) is 2.00. The Balaban J connectivity index is 2.32. The average Bonchev–Trinajstić information content (AvgIpc) is 2.37. The van der Waals surface area contributed by atoms with Gasteiger partial charge in [-0.2, -0.15) is 0 Å². The Bertz CT molecular complexity index is 210. The lowest BCUT2D eigenvalue weighted by molar-refractivity contribution is 0.527. The fraction of sp³-hybridized carbons (Fsp3) is 0.500. The van der Waals surface area contributed by atoms with Crippen LogP contribution in [0.15, 0.2) is 21.6 Å². The first-order chi connectivity index (χ1) is 5.34. The molecule has 3 heteroatoms. The summed E-state index contributed by atoms with van der Waals surface area (Å²) >= 11 is 5.25. The number of aryl methyl sites for hydroxylation is 1. The van der Waals surface area contributed by atoms with Crippen LogP contribution >= 0.6 is 27.7 Å². The van der Waals surface area contributed by atoms with Gasteiger partial charge in [0.1, 0.15) is 5.76 Å². The summed E-state index contributed by atoms with van der Waals surface area (Å²) < 4.78 is 5.16. The van der Waals surface area contributed by atoms with Crippen LogP contribution in [0.2, 0.25) is 0 Å². The molecule has 0 atom stereocenters. The number of alkyl halides is 1. The van der Waals surface area contributed by atoms with Crippen LogP contribution in [0.3, 0.4) is 0 Å². The molecule has 0 aromatic carbocycles. The van der Waals surface area contributed by atoms with Crippen molar-refractivity contribution in [1.29, 1.82) is 0 Å². The average molecular weight is 235 g/mol. The van der Waals surface area contributed by atoms with E-state index in [0.717, 1.165) is 16.8 Å². The molecule has 0 spiro atoms. The summed E-state index contributed by atoms with van der Waals surface area (Å²) in [6.07, 6.45) is 2.95. The van der Waals surface area contributed by atoms with Crippen molar-refractivity contribution in [3.05, 3.63) is 18.1 Å². The van der Waals surface area contributed by atoms with Crippen molar-refractivity contribution in [2.45, 2.75) is 18.2 Å². The van der Waals surface area contributed by atoms with E-state index in [-0.39, 0.29) is 0 Å². The zero-order chi connectivity index (χ0) is 8.10. The molecular weight excluding hydrogens is 224 g/mol. The van der Waals surface area contributed by atoms with Gasteiger partial charge in [0.15, 0.2) is 0 Å². The molecule has 1 rings (SSSR count). The van der Waals surface area contributed by atoms with Gasteiger partial charge in [-0.1, -0.05) is 15.9 Å². The van der Waals surface area contributed by atoms with Crippen molar-refractivity contribution >= 4 is 27.7 Å². The van der Waals surface area contributed by atoms with E-state index in [2.05, 4.69) is 15.9 Å². The van der Waals surface area contributed by atoms with Crippen LogP contribution in [0.25, 0.3) is 0 Å². The van der Waals surface area contributed by atoms with Gasteiger partial charge in [0.2, 0.25) is 0 Å². The van der Waals surface area contributed by atoms with Crippen molar-refractivity contribution in [2.75, 3.05) is 11.1 Å². The summed E-state index contributed by atoms with van der Waals surface area (Å²) in [6, 6.07) is 2.02. The van der Waals surface area contributed by atoms with E-state index in [1.807, 2.05) is 24.8 Å². The van der Waals surface area contributed by atoms with Crippen LogP contribution in [0.4, 0.5) is 0 Å². The number of hydrogen-bond donors (Lipinski definition) is 0. The van der Waals surface area contributed by atoms with Crippen molar-refractivity contribution in [2.24, 2.45) is 0 Å². The number of rotatable bonds is 4. The van der Waals surface area contributed by atoms with E-state index in [9.17, 15) is 0 Å². The minimum Gasteiger partial charge on any atom is -0.468 e. The summed E-state index contributed by atoms with van der Waals surface area (Å²) in [5.74, 6) is 2.19. The Morgan fingerprint density at radius 1 is 1.64 bits per heavy atom. The SMILES string of the molecule is Cc1occc1SCCCBr. The fourth-order valence-corrected chi connectivity index (χ4v) is 2.32. The van der Waals surface area contributed by atoms with Crippen LogP contribution in [0.1, 0.15) is 12.2 Å². The van der Waals surface area contributed by atoms with Crippen molar-refractivity contribution < 1.29 is 4.42 Å². The zero-order valence-corrected chi connectivity index (χ0v) is 8.87. The van der Waals surface area contributed by atoms with E-state index < -0.39 is 0 Å². The van der Waals surface area contributed by atoms with Gasteiger partial charge in [0, 0.05) is 10.2 Å². The molecule has 1 nitrogen and oxygen atoms in total. The molecule has 0 saturated heterocycles. The molecular formula is C8H11BrOS. The lowest BCUT2D eigenvalue weighted by atomic mass is 10.5. The monoisotopic (exact) mass is 234 g/mol. The molecule has 0 aliphatic heterocycles. The highest BCUT2D eigenvalue weighted by atomic mass is 79.9. The minimum atomic E-state index is 1.03. The highest BCUT2D eigenvalue weighted by Crippen LogP contribution is 2.23. The van der Waals surface area contributed by atoms with E-state index in [1.54, 1.807) is 6.26 Å². The summed E-state index contributed by atoms with van der Waals surface area (Å²) in [5, 5.41) is 1.08. The molecule has 0 saturated carbocycles. The number of thioether (sulfide) groups is 1. The summed E-state index contributed by atoms with van der Waals surface area (Å²) in [4.78, 5) is 1.27. The second-order valence-corrected chi connectivity index (χ2v) is 4.16. The first kappa shape index (κ1) is 9.20. The quantitative estimate of drug-likeness (QED) is 0.450. The van der Waals surface area contributed by atoms with Crippen LogP contribution in [0, 0.1) is 6.92 Å². The molecule has 11 heavy (non-hydrogen) atoms. The molecule has 0 amide bonds. The predicted molar refractivity (Wildman–Crippen MR) is 52.6 cm³/mol. The third-order valence-electron chi connectivity index (χ3n) is 1.35. The lowest BCUT2D eigenvalue weighted by Crippen LogP contribution is -1.79. The zero-order valence-electron chi connectivity index (χ0n) is 6.47. The second kappa shape index (κ2) is 4.88. The van der Waals surface area contributed by atoms with Gasteiger partial charge in [0.05, 0.1) is 6.26 Å². The second-order valence-electron chi connectivity index (χ2n) is 2.23. The molecule has 0 bridgehead atoms. The van der Waals surface area contributed by atoms with Crippen LogP contribution in [-0.2, 0) is 0 Å². The molecule has 1 aromatic heterocycles. The third kappa shape index (κ3) is 2.91. The first-order valence-corrected chi connectivity index (χ1v) is 5.68. The van der Waals surface area contributed by atoms with Gasteiger partial charge < -0.3 is 4.42 Å². The smallest absolute Gasteiger partial charge is 0.114 e. The van der Waals surface area contributed by atoms with Gasteiger partial charge in [0.25, 0.3) is 0 Å². The van der Waals surface area contributed by atoms with Crippen LogP contribution in [-0.4, -0.2) is 11.1 Å². The maximum atomic E-state index is 5.16. The van der Waals surface area contributed by atoms with Crippen LogP contribution < -0.4 is 0 Å². The van der Waals surface area contributed by atoms with E-state index in [1.165, 1.54) is 11.3 Å². The molecule has 0 radical (unpaired) electrons. The molecule has 0 fully saturated rings. The maximum Gasteiger partial charge on any atom is 0.114 e. The highest BCUT2D eigenvalue weighted by molar-refractivity contribution is 9.09. The fourth-order valence-electron chi connectivity index (χ4n) is 0.760. The Kier molecular flexibility index (Phi) is 4.08. The van der Waals surface area contributed by atoms with Gasteiger partial charge in [-0.25, -0.2) is 0 Å². The highest BCUT2D eigenvalue weighted by Gasteiger charge is 1.99. The van der Waals surface area contributed by atoms with Crippen LogP contribution in [0.5, 0.6) is 0 Å². The number of furan rings is 1. The van der Waals surface area contributed by atoms with E-state index >= 15 is 0 Å². The molecule has 62 valence electrons. The standard InChI is InChI=1S/C8H11BrOS/c1-7-8(3-5-10-7)11-6-2-4-9/h3,5H,2,4,6H2,1H3. The maximum absolute atomic E-state index is 5.16. The van der Waals surface area contributed by atoms with E-state index in [4.69, 9.17) is 4.42 Å². The molecule has 0 unspecified atom stereocenters. The van der Waals surface area contributed by atoms with Crippen molar-refractivity contribution in [1.82, 2.24) is 0 Å². The first-order valence-electron chi connectivity index (χ1n) is 3.57. The van der Waals surface area contributed by atoms with Gasteiger partial charge in [-0.3, -0.25) is 0 Å². The lowest BCUT2D eigenvalue weighted by Gasteiger charge is -1.95. The Morgan fingerprint density at radius 2 is 2.45 bits per heavy atom. The summed E-state index contributed by atoms with van der Waals surface area (Å²) in [5.41, 5.74) is 0. The molecule has 0 aliphatic rings. The summed E-state index contributed by atoms with van der Waals surface area (Å²) in [7, 11) is 0. The van der Waals surface area contributed by atoms with Crippen molar-refractivity contribution in [3.8, 4) is 0 Å². The Hall–Kier alpha value is 0.110. The predicted octanol–water partition coefficient (Wildman–Crippen LogP) is 3.47. The minimum absolute atomic E-state index is 1.03. The van der Waals surface area contributed by atoms with Gasteiger partial charge in [-0.05, 0) is 25.2 Å². The largest absolute Gasteiger partial charge is 0.468 e. The number of hydrogen-bond acceptors (Lipinski definition) is 2. The molecule has 0 N–H and O–H groups in total. The third-order valence-corrected chi connectivity index (χ3v) is 3.13. The van der Waals surface area contributed by atoms with Gasteiger partial charge >= 0.3 is 0 Å². The molecule has 1 heterocycles. The topological polar surface area (TPSA) is 13.1 Å². The normalized spacial score (nSPS) is 10.4. The molecule has 0 aliphatic carbocycles. The van der Waals surface area contributed by atoms with E-state index in [0.29, 0.717) is 0 Å². The Labute approximate surface area is 79.7 Å². The number of halogens is 1. The molecule has 1 aromatic rings.